The Hall–Kier alpha value is -0.450. The highest BCUT2D eigenvalue weighted by Crippen LogP contribution is 2.31. The number of halogens is 1. The second kappa shape index (κ2) is 3.61. The van der Waals surface area contributed by atoms with Crippen molar-refractivity contribution in [3.63, 3.8) is 0 Å². The maximum atomic E-state index is 5.80. The minimum atomic E-state index is 0.0135. The van der Waals surface area contributed by atoms with E-state index in [1.807, 2.05) is 6.92 Å². The predicted octanol–water partition coefficient (Wildman–Crippen LogP) is 3.39. The zero-order valence-corrected chi connectivity index (χ0v) is 10.4. The van der Waals surface area contributed by atoms with Gasteiger partial charge in [0, 0.05) is 4.47 Å². The summed E-state index contributed by atoms with van der Waals surface area (Å²) in [7, 11) is 0. The lowest BCUT2D eigenvalue weighted by Gasteiger charge is -1.95. The number of nitrogens with two attached hydrogens (primary N) is 1. The molecule has 1 atom stereocenters. The molecule has 1 aromatic heterocycles. The normalized spacial score (nSPS) is 13.4. The second-order valence-electron chi connectivity index (χ2n) is 3.43. The first kappa shape index (κ1) is 10.1. The molecule has 0 aliphatic heterocycles. The van der Waals surface area contributed by atoms with Crippen molar-refractivity contribution in [3.8, 4) is 0 Å². The Labute approximate surface area is 95.3 Å². The average Bonchev–Trinajstić information content (AvgIpc) is 2.47. The second-order valence-corrected chi connectivity index (χ2v) is 5.35. The fraction of sp³-hybridized carbons (Fsp3) is 0.300. The van der Waals surface area contributed by atoms with Crippen LogP contribution in [0.5, 0.6) is 0 Å². The van der Waals surface area contributed by atoms with Gasteiger partial charge in [0.2, 0.25) is 0 Å². The highest BCUT2D eigenvalue weighted by molar-refractivity contribution is 9.10. The van der Waals surface area contributed by atoms with Crippen molar-refractivity contribution in [1.82, 2.24) is 4.98 Å². The monoisotopic (exact) mass is 270 g/mol. The summed E-state index contributed by atoms with van der Waals surface area (Å²) in [5, 5.41) is 0.992. The summed E-state index contributed by atoms with van der Waals surface area (Å²) in [4.78, 5) is 4.50. The van der Waals surface area contributed by atoms with Gasteiger partial charge in [0.1, 0.15) is 5.01 Å². The van der Waals surface area contributed by atoms with Gasteiger partial charge in [-0.05, 0) is 47.5 Å². The van der Waals surface area contributed by atoms with E-state index in [4.69, 9.17) is 5.73 Å². The summed E-state index contributed by atoms with van der Waals surface area (Å²) in [6, 6.07) is 4.23. The van der Waals surface area contributed by atoms with Gasteiger partial charge in [-0.2, -0.15) is 0 Å². The molecule has 14 heavy (non-hydrogen) atoms. The van der Waals surface area contributed by atoms with E-state index in [1.54, 1.807) is 11.3 Å². The lowest BCUT2D eigenvalue weighted by atomic mass is 10.2. The number of nitrogens with zero attached hydrogens (tertiary/aromatic N) is 1. The van der Waals surface area contributed by atoms with Crippen LogP contribution >= 0.6 is 27.3 Å². The molecule has 4 heteroatoms. The number of aromatic nitrogens is 1. The van der Waals surface area contributed by atoms with Crippen LogP contribution in [0.1, 0.15) is 23.5 Å². The molecular formula is C10H11BrN2S. The van der Waals surface area contributed by atoms with Gasteiger partial charge in [-0.15, -0.1) is 11.3 Å². The third-order valence-electron chi connectivity index (χ3n) is 2.00. The third-order valence-corrected chi connectivity index (χ3v) is 3.81. The van der Waals surface area contributed by atoms with Gasteiger partial charge in [0.05, 0.1) is 16.3 Å². The summed E-state index contributed by atoms with van der Waals surface area (Å²) in [6.07, 6.45) is 0. The molecule has 0 radical (unpaired) electrons. The average molecular weight is 271 g/mol. The van der Waals surface area contributed by atoms with Crippen LogP contribution in [0.4, 0.5) is 0 Å². The number of fused-ring (bicyclic) bond motifs is 1. The summed E-state index contributed by atoms with van der Waals surface area (Å²) in [6.45, 7) is 4.04. The van der Waals surface area contributed by atoms with E-state index in [9.17, 15) is 0 Å². The van der Waals surface area contributed by atoms with Crippen LogP contribution in [0.2, 0.25) is 0 Å². The first-order valence-electron chi connectivity index (χ1n) is 4.40. The molecule has 0 aliphatic carbocycles. The standard InChI is InChI=1S/C10H11BrN2S/c1-5-3-7(11)9-8(4-5)14-10(13-9)6(2)12/h3-4,6H,12H2,1-2H3/t6-/m0/s1. The molecule has 2 aromatic rings. The van der Waals surface area contributed by atoms with E-state index in [0.717, 1.165) is 15.0 Å². The molecule has 0 unspecified atom stereocenters. The lowest BCUT2D eigenvalue weighted by molar-refractivity contribution is 0.810. The minimum Gasteiger partial charge on any atom is -0.322 e. The number of rotatable bonds is 1. The van der Waals surface area contributed by atoms with Crippen LogP contribution in [-0.2, 0) is 0 Å². The van der Waals surface area contributed by atoms with Crippen LogP contribution in [0, 0.1) is 6.92 Å². The Morgan fingerprint density at radius 2 is 2.21 bits per heavy atom. The number of hydrogen-bond donors (Lipinski definition) is 1. The molecule has 0 saturated carbocycles. The van der Waals surface area contributed by atoms with Crippen LogP contribution in [0.3, 0.4) is 0 Å². The van der Waals surface area contributed by atoms with Crippen LogP contribution in [0.25, 0.3) is 10.2 Å². The van der Waals surface area contributed by atoms with Crippen molar-refractivity contribution < 1.29 is 0 Å². The van der Waals surface area contributed by atoms with E-state index in [0.29, 0.717) is 0 Å². The molecule has 1 heterocycles. The number of thiazole rings is 1. The summed E-state index contributed by atoms with van der Waals surface area (Å²) in [5.74, 6) is 0. The molecular weight excluding hydrogens is 260 g/mol. The van der Waals surface area contributed by atoms with Crippen molar-refractivity contribution >= 4 is 37.5 Å². The molecule has 0 fully saturated rings. The molecule has 2 rings (SSSR count). The highest BCUT2D eigenvalue weighted by Gasteiger charge is 2.10. The van der Waals surface area contributed by atoms with Crippen molar-refractivity contribution in [3.05, 3.63) is 27.2 Å². The van der Waals surface area contributed by atoms with Crippen molar-refractivity contribution in [1.29, 1.82) is 0 Å². The van der Waals surface area contributed by atoms with Gasteiger partial charge >= 0.3 is 0 Å². The van der Waals surface area contributed by atoms with Gasteiger partial charge in [-0.1, -0.05) is 0 Å². The van der Waals surface area contributed by atoms with Gasteiger partial charge in [-0.25, -0.2) is 4.98 Å². The maximum absolute atomic E-state index is 5.80. The third kappa shape index (κ3) is 1.69. The molecule has 0 bridgehead atoms. The molecule has 1 aromatic carbocycles. The largest absolute Gasteiger partial charge is 0.322 e. The van der Waals surface area contributed by atoms with E-state index in [-0.39, 0.29) is 6.04 Å². The highest BCUT2D eigenvalue weighted by atomic mass is 79.9. The zero-order valence-electron chi connectivity index (χ0n) is 8.04. The fourth-order valence-corrected chi connectivity index (χ4v) is 3.17. The Morgan fingerprint density at radius 1 is 1.50 bits per heavy atom. The Morgan fingerprint density at radius 3 is 2.86 bits per heavy atom. The van der Waals surface area contributed by atoms with Crippen LogP contribution in [-0.4, -0.2) is 4.98 Å². The van der Waals surface area contributed by atoms with Crippen molar-refractivity contribution in [2.24, 2.45) is 5.73 Å². The zero-order chi connectivity index (χ0) is 10.3. The first-order valence-corrected chi connectivity index (χ1v) is 6.01. The Bertz CT molecular complexity index is 476. The quantitative estimate of drug-likeness (QED) is 0.863. The first-order chi connectivity index (χ1) is 6.58. The van der Waals surface area contributed by atoms with E-state index >= 15 is 0 Å². The molecule has 2 N–H and O–H groups in total. The van der Waals surface area contributed by atoms with E-state index in [2.05, 4.69) is 40.0 Å². The molecule has 0 spiro atoms. The fourth-order valence-electron chi connectivity index (χ4n) is 1.33. The van der Waals surface area contributed by atoms with Gasteiger partial charge < -0.3 is 5.73 Å². The molecule has 74 valence electrons. The minimum absolute atomic E-state index is 0.0135. The van der Waals surface area contributed by atoms with Gasteiger partial charge in [0.25, 0.3) is 0 Å². The number of benzene rings is 1. The summed E-state index contributed by atoms with van der Waals surface area (Å²) < 4.78 is 2.25. The SMILES string of the molecule is Cc1cc(Br)c2nc([C@H](C)N)sc2c1. The predicted molar refractivity (Wildman–Crippen MR) is 64.7 cm³/mol. The van der Waals surface area contributed by atoms with Gasteiger partial charge in [0.15, 0.2) is 0 Å². The smallest absolute Gasteiger partial charge is 0.110 e. The van der Waals surface area contributed by atoms with E-state index < -0.39 is 0 Å². The van der Waals surface area contributed by atoms with E-state index in [1.165, 1.54) is 10.3 Å². The number of hydrogen-bond acceptors (Lipinski definition) is 3. The van der Waals surface area contributed by atoms with Crippen molar-refractivity contribution in [2.75, 3.05) is 0 Å². The lowest BCUT2D eigenvalue weighted by Crippen LogP contribution is -2.03. The summed E-state index contributed by atoms with van der Waals surface area (Å²) >= 11 is 5.18. The molecule has 0 aliphatic rings. The Balaban J connectivity index is 2.70. The van der Waals surface area contributed by atoms with Crippen LogP contribution in [0.15, 0.2) is 16.6 Å². The number of aryl methyl sites for hydroxylation is 1. The molecule has 0 amide bonds. The Kier molecular flexibility index (Phi) is 2.60. The van der Waals surface area contributed by atoms with Crippen molar-refractivity contribution in [2.45, 2.75) is 19.9 Å². The maximum Gasteiger partial charge on any atom is 0.110 e. The summed E-state index contributed by atoms with van der Waals surface area (Å²) in [5.41, 5.74) is 8.06. The van der Waals surface area contributed by atoms with Crippen LogP contribution < -0.4 is 5.73 Å². The molecule has 0 saturated heterocycles. The molecule has 2 nitrogen and oxygen atoms in total. The van der Waals surface area contributed by atoms with Gasteiger partial charge in [-0.3, -0.25) is 0 Å². The topological polar surface area (TPSA) is 38.9 Å².